The van der Waals surface area contributed by atoms with Crippen LogP contribution >= 0.6 is 11.6 Å². The highest BCUT2D eigenvalue weighted by Crippen LogP contribution is 2.36. The van der Waals surface area contributed by atoms with Gasteiger partial charge in [-0.05, 0) is 30.9 Å². The molecule has 1 aromatic carbocycles. The molecule has 1 saturated carbocycles. The Labute approximate surface area is 77.5 Å². The van der Waals surface area contributed by atoms with Crippen LogP contribution in [-0.4, -0.2) is 5.54 Å². The van der Waals surface area contributed by atoms with Gasteiger partial charge in [0.05, 0.1) is 0 Å². The summed E-state index contributed by atoms with van der Waals surface area (Å²) in [4.78, 5) is 0. The molecule has 0 spiro atoms. The molecular formula is C10H12ClN. The lowest BCUT2D eigenvalue weighted by atomic mass is 10.1. The summed E-state index contributed by atoms with van der Waals surface area (Å²) in [5.41, 5.74) is 7.23. The second-order valence-electron chi connectivity index (χ2n) is 3.63. The quantitative estimate of drug-likeness (QED) is 0.745. The number of hydrogen-bond acceptors (Lipinski definition) is 1. The predicted molar refractivity (Wildman–Crippen MR) is 51.3 cm³/mol. The first-order valence-corrected chi connectivity index (χ1v) is 4.60. The molecule has 0 aromatic heterocycles. The van der Waals surface area contributed by atoms with E-state index in [2.05, 4.69) is 6.07 Å². The van der Waals surface area contributed by atoms with Crippen LogP contribution in [0.25, 0.3) is 0 Å². The second kappa shape index (κ2) is 2.75. The Morgan fingerprint density at radius 1 is 1.33 bits per heavy atom. The van der Waals surface area contributed by atoms with E-state index < -0.39 is 0 Å². The Bertz CT molecular complexity index is 292. The predicted octanol–water partition coefficient (Wildman–Crippen LogP) is 2.37. The third-order valence-corrected chi connectivity index (χ3v) is 2.76. The van der Waals surface area contributed by atoms with Crippen molar-refractivity contribution in [1.29, 1.82) is 0 Å². The van der Waals surface area contributed by atoms with Crippen molar-refractivity contribution in [3.05, 3.63) is 34.9 Å². The van der Waals surface area contributed by atoms with Crippen LogP contribution in [0.4, 0.5) is 0 Å². The first-order valence-electron chi connectivity index (χ1n) is 4.22. The minimum atomic E-state index is 0.0605. The summed E-state index contributed by atoms with van der Waals surface area (Å²) in [6.07, 6.45) is 3.20. The highest BCUT2D eigenvalue weighted by molar-refractivity contribution is 6.31. The van der Waals surface area contributed by atoms with Crippen molar-refractivity contribution < 1.29 is 0 Å². The molecule has 0 aliphatic heterocycles. The van der Waals surface area contributed by atoms with Gasteiger partial charge in [-0.25, -0.2) is 0 Å². The van der Waals surface area contributed by atoms with E-state index in [0.717, 1.165) is 24.3 Å². The normalized spacial score (nSPS) is 19.2. The van der Waals surface area contributed by atoms with Crippen molar-refractivity contribution in [1.82, 2.24) is 0 Å². The molecule has 2 heteroatoms. The summed E-state index contributed by atoms with van der Waals surface area (Å²) >= 11 is 6.00. The number of benzene rings is 1. The fourth-order valence-corrected chi connectivity index (χ4v) is 1.56. The van der Waals surface area contributed by atoms with E-state index in [9.17, 15) is 0 Å². The SMILES string of the molecule is NC1(Cc2ccccc2Cl)CC1. The van der Waals surface area contributed by atoms with Gasteiger partial charge in [-0.1, -0.05) is 29.8 Å². The van der Waals surface area contributed by atoms with Gasteiger partial charge < -0.3 is 5.73 Å². The largest absolute Gasteiger partial charge is 0.325 e. The number of halogens is 1. The van der Waals surface area contributed by atoms with Crippen LogP contribution in [0.1, 0.15) is 18.4 Å². The number of hydrogen-bond donors (Lipinski definition) is 1. The van der Waals surface area contributed by atoms with Crippen LogP contribution in [0.3, 0.4) is 0 Å². The van der Waals surface area contributed by atoms with Crippen molar-refractivity contribution in [2.24, 2.45) is 5.73 Å². The van der Waals surface area contributed by atoms with Crippen LogP contribution in [-0.2, 0) is 6.42 Å². The summed E-state index contributed by atoms with van der Waals surface area (Å²) in [5, 5.41) is 0.842. The van der Waals surface area contributed by atoms with Crippen LogP contribution < -0.4 is 5.73 Å². The van der Waals surface area contributed by atoms with Crippen molar-refractivity contribution >= 4 is 11.6 Å². The molecule has 0 unspecified atom stereocenters. The molecule has 0 heterocycles. The zero-order valence-electron chi connectivity index (χ0n) is 6.89. The Balaban J connectivity index is 2.17. The molecular weight excluding hydrogens is 170 g/mol. The van der Waals surface area contributed by atoms with Crippen LogP contribution in [0.2, 0.25) is 5.02 Å². The van der Waals surface area contributed by atoms with E-state index in [1.54, 1.807) is 0 Å². The minimum Gasteiger partial charge on any atom is -0.325 e. The molecule has 2 rings (SSSR count). The second-order valence-corrected chi connectivity index (χ2v) is 4.04. The van der Waals surface area contributed by atoms with Crippen molar-refractivity contribution in [2.75, 3.05) is 0 Å². The lowest BCUT2D eigenvalue weighted by Gasteiger charge is -2.09. The molecule has 64 valence electrons. The van der Waals surface area contributed by atoms with E-state index >= 15 is 0 Å². The summed E-state index contributed by atoms with van der Waals surface area (Å²) in [6, 6.07) is 7.92. The van der Waals surface area contributed by atoms with Gasteiger partial charge in [0.25, 0.3) is 0 Å². The van der Waals surface area contributed by atoms with Gasteiger partial charge in [-0.2, -0.15) is 0 Å². The van der Waals surface area contributed by atoms with Gasteiger partial charge in [-0.15, -0.1) is 0 Å². The third kappa shape index (κ3) is 1.62. The molecule has 0 saturated heterocycles. The maximum Gasteiger partial charge on any atom is 0.0438 e. The molecule has 0 amide bonds. The van der Waals surface area contributed by atoms with Gasteiger partial charge >= 0.3 is 0 Å². The fourth-order valence-electron chi connectivity index (χ4n) is 1.36. The Morgan fingerprint density at radius 3 is 2.58 bits per heavy atom. The summed E-state index contributed by atoms with van der Waals surface area (Å²) < 4.78 is 0. The van der Waals surface area contributed by atoms with Gasteiger partial charge in [0.1, 0.15) is 0 Å². The summed E-state index contributed by atoms with van der Waals surface area (Å²) in [7, 11) is 0. The molecule has 1 fully saturated rings. The summed E-state index contributed by atoms with van der Waals surface area (Å²) in [5.74, 6) is 0. The van der Waals surface area contributed by atoms with Crippen LogP contribution in [0.5, 0.6) is 0 Å². The lowest BCUT2D eigenvalue weighted by molar-refractivity contribution is 0.672. The molecule has 0 bridgehead atoms. The molecule has 0 atom stereocenters. The first kappa shape index (κ1) is 8.09. The molecule has 1 aliphatic carbocycles. The van der Waals surface area contributed by atoms with Gasteiger partial charge in [-0.3, -0.25) is 0 Å². The smallest absolute Gasteiger partial charge is 0.0438 e. The minimum absolute atomic E-state index is 0.0605. The zero-order chi connectivity index (χ0) is 8.60. The first-order chi connectivity index (χ1) is 5.70. The van der Waals surface area contributed by atoms with Gasteiger partial charge in [0, 0.05) is 10.6 Å². The van der Waals surface area contributed by atoms with E-state index in [0.29, 0.717) is 0 Å². The fraction of sp³-hybridized carbons (Fsp3) is 0.400. The molecule has 12 heavy (non-hydrogen) atoms. The van der Waals surface area contributed by atoms with E-state index in [4.69, 9.17) is 17.3 Å². The number of rotatable bonds is 2. The Kier molecular flexibility index (Phi) is 1.85. The van der Waals surface area contributed by atoms with Crippen molar-refractivity contribution in [3.63, 3.8) is 0 Å². The lowest BCUT2D eigenvalue weighted by Crippen LogP contribution is -2.24. The maximum atomic E-state index is 6.00. The van der Waals surface area contributed by atoms with Crippen molar-refractivity contribution in [2.45, 2.75) is 24.8 Å². The Morgan fingerprint density at radius 2 is 2.00 bits per heavy atom. The molecule has 1 aromatic rings. The molecule has 0 radical (unpaired) electrons. The average Bonchev–Trinajstić information content (AvgIpc) is 2.74. The summed E-state index contributed by atoms with van der Waals surface area (Å²) in [6.45, 7) is 0. The van der Waals surface area contributed by atoms with Crippen LogP contribution in [0.15, 0.2) is 24.3 Å². The maximum absolute atomic E-state index is 6.00. The standard InChI is InChI=1S/C10H12ClN/c11-9-4-2-1-3-8(9)7-10(12)5-6-10/h1-4H,5-7,12H2. The van der Waals surface area contributed by atoms with Gasteiger partial charge in [0.15, 0.2) is 0 Å². The molecule has 1 nitrogen and oxygen atoms in total. The van der Waals surface area contributed by atoms with E-state index in [1.807, 2.05) is 18.2 Å². The number of nitrogens with two attached hydrogens (primary N) is 1. The zero-order valence-corrected chi connectivity index (χ0v) is 7.64. The topological polar surface area (TPSA) is 26.0 Å². The van der Waals surface area contributed by atoms with Crippen LogP contribution in [0, 0.1) is 0 Å². The molecule has 1 aliphatic rings. The third-order valence-electron chi connectivity index (χ3n) is 2.39. The molecule has 2 N–H and O–H groups in total. The van der Waals surface area contributed by atoms with E-state index in [1.165, 1.54) is 5.56 Å². The Hall–Kier alpha value is -0.530. The van der Waals surface area contributed by atoms with E-state index in [-0.39, 0.29) is 5.54 Å². The average molecular weight is 182 g/mol. The monoisotopic (exact) mass is 181 g/mol. The highest BCUT2D eigenvalue weighted by atomic mass is 35.5. The van der Waals surface area contributed by atoms with Gasteiger partial charge in [0.2, 0.25) is 0 Å². The van der Waals surface area contributed by atoms with Crippen molar-refractivity contribution in [3.8, 4) is 0 Å². The highest BCUT2D eigenvalue weighted by Gasteiger charge is 2.38.